The summed E-state index contributed by atoms with van der Waals surface area (Å²) in [5.74, 6) is 0. The van der Waals surface area contributed by atoms with Crippen LogP contribution in [0.25, 0.3) is 10.4 Å². The largest absolute Gasteiger partial charge is 0.388 e. The average molecular weight is 205 g/mol. The summed E-state index contributed by atoms with van der Waals surface area (Å²) in [5.41, 5.74) is 8.01. The molecular weight excluding hydrogens is 194 g/mol. The molecule has 5 atom stereocenters. The van der Waals surface area contributed by atoms with Crippen LogP contribution in [0.2, 0.25) is 0 Å². The second kappa shape index (κ2) is 4.56. The SMILES string of the molecule is [N-]=[N+]=NC[C@H]1OC(O)[C@H](O)[C@@H](O)[C@H]1O. The van der Waals surface area contributed by atoms with Gasteiger partial charge in [0.1, 0.15) is 18.3 Å². The third kappa shape index (κ3) is 2.13. The molecule has 14 heavy (non-hydrogen) atoms. The zero-order chi connectivity index (χ0) is 10.7. The molecule has 0 aromatic carbocycles. The molecule has 0 saturated carbocycles. The second-order valence-electron chi connectivity index (χ2n) is 2.95. The molecule has 4 N–H and O–H groups in total. The van der Waals surface area contributed by atoms with Crippen LogP contribution < -0.4 is 0 Å². The summed E-state index contributed by atoms with van der Waals surface area (Å²) in [6.07, 6.45) is -7.07. The van der Waals surface area contributed by atoms with Crippen molar-refractivity contribution >= 4 is 0 Å². The van der Waals surface area contributed by atoms with Crippen LogP contribution in [0.1, 0.15) is 0 Å². The third-order valence-electron chi connectivity index (χ3n) is 2.01. The number of rotatable bonds is 2. The van der Waals surface area contributed by atoms with Gasteiger partial charge in [0.15, 0.2) is 6.29 Å². The number of ether oxygens (including phenoxy) is 1. The van der Waals surface area contributed by atoms with Crippen LogP contribution in [0.4, 0.5) is 0 Å². The minimum Gasteiger partial charge on any atom is -0.388 e. The third-order valence-corrected chi connectivity index (χ3v) is 2.01. The van der Waals surface area contributed by atoms with Crippen molar-refractivity contribution in [3.8, 4) is 0 Å². The summed E-state index contributed by atoms with van der Waals surface area (Å²) in [4.78, 5) is 2.44. The van der Waals surface area contributed by atoms with Crippen LogP contribution in [0, 0.1) is 0 Å². The van der Waals surface area contributed by atoms with E-state index in [0.29, 0.717) is 0 Å². The van der Waals surface area contributed by atoms with E-state index in [-0.39, 0.29) is 6.54 Å². The molecule has 1 heterocycles. The van der Waals surface area contributed by atoms with E-state index in [2.05, 4.69) is 10.0 Å². The van der Waals surface area contributed by atoms with Crippen molar-refractivity contribution in [2.24, 2.45) is 5.11 Å². The summed E-state index contributed by atoms with van der Waals surface area (Å²) < 4.78 is 4.71. The Morgan fingerprint density at radius 3 is 2.36 bits per heavy atom. The highest BCUT2D eigenvalue weighted by molar-refractivity contribution is 4.89. The monoisotopic (exact) mass is 205 g/mol. The van der Waals surface area contributed by atoms with E-state index >= 15 is 0 Å². The van der Waals surface area contributed by atoms with Crippen molar-refractivity contribution < 1.29 is 25.2 Å². The van der Waals surface area contributed by atoms with Crippen LogP contribution in [-0.2, 0) is 4.74 Å². The minimum atomic E-state index is -1.59. The van der Waals surface area contributed by atoms with Gasteiger partial charge in [0, 0.05) is 4.91 Å². The fourth-order valence-corrected chi connectivity index (χ4v) is 1.20. The summed E-state index contributed by atoms with van der Waals surface area (Å²) in [5, 5.41) is 39.8. The number of nitrogens with zero attached hydrogens (tertiary/aromatic N) is 3. The molecule has 0 aliphatic carbocycles. The van der Waals surface area contributed by atoms with E-state index in [4.69, 9.17) is 20.5 Å². The first-order valence-electron chi connectivity index (χ1n) is 3.96. The van der Waals surface area contributed by atoms with Gasteiger partial charge in [-0.2, -0.15) is 0 Å². The van der Waals surface area contributed by atoms with Crippen molar-refractivity contribution in [1.29, 1.82) is 0 Å². The first-order valence-corrected chi connectivity index (χ1v) is 3.96. The van der Waals surface area contributed by atoms with Gasteiger partial charge >= 0.3 is 0 Å². The zero-order valence-electron chi connectivity index (χ0n) is 7.13. The van der Waals surface area contributed by atoms with E-state index in [1.807, 2.05) is 0 Å². The van der Waals surface area contributed by atoms with E-state index in [0.717, 1.165) is 0 Å². The Kier molecular flexibility index (Phi) is 3.64. The Labute approximate surface area is 79.0 Å². The number of hydrogen-bond acceptors (Lipinski definition) is 6. The fourth-order valence-electron chi connectivity index (χ4n) is 1.20. The molecule has 0 aromatic heterocycles. The van der Waals surface area contributed by atoms with Gasteiger partial charge in [0.05, 0.1) is 12.6 Å². The highest BCUT2D eigenvalue weighted by atomic mass is 16.6. The maximum Gasteiger partial charge on any atom is 0.183 e. The molecule has 0 aromatic rings. The van der Waals surface area contributed by atoms with Gasteiger partial charge in [0.2, 0.25) is 0 Å². The number of hydrogen-bond donors (Lipinski definition) is 4. The van der Waals surface area contributed by atoms with Gasteiger partial charge in [-0.15, -0.1) is 0 Å². The molecule has 80 valence electrons. The van der Waals surface area contributed by atoms with Crippen LogP contribution in [-0.4, -0.2) is 57.7 Å². The molecule has 1 aliphatic rings. The highest BCUT2D eigenvalue weighted by Crippen LogP contribution is 2.19. The maximum atomic E-state index is 9.32. The molecular formula is C6H11N3O5. The molecule has 8 nitrogen and oxygen atoms in total. The van der Waals surface area contributed by atoms with Crippen LogP contribution >= 0.6 is 0 Å². The van der Waals surface area contributed by atoms with Gasteiger partial charge in [-0.25, -0.2) is 0 Å². The summed E-state index contributed by atoms with van der Waals surface area (Å²) in [6.45, 7) is -0.224. The van der Waals surface area contributed by atoms with E-state index < -0.39 is 30.7 Å². The average Bonchev–Trinajstić information content (AvgIpc) is 2.18. The summed E-state index contributed by atoms with van der Waals surface area (Å²) in [6, 6.07) is 0. The van der Waals surface area contributed by atoms with Crippen molar-refractivity contribution in [2.75, 3.05) is 6.54 Å². The molecule has 1 unspecified atom stereocenters. The molecule has 1 rings (SSSR count). The van der Waals surface area contributed by atoms with Crippen molar-refractivity contribution in [3.63, 3.8) is 0 Å². The Hall–Kier alpha value is -0.890. The predicted molar refractivity (Wildman–Crippen MR) is 42.9 cm³/mol. The summed E-state index contributed by atoms with van der Waals surface area (Å²) >= 11 is 0. The molecule has 0 amide bonds. The van der Waals surface area contributed by atoms with Gasteiger partial charge in [0.25, 0.3) is 0 Å². The Morgan fingerprint density at radius 2 is 1.79 bits per heavy atom. The Balaban J connectivity index is 2.64. The number of azide groups is 1. The van der Waals surface area contributed by atoms with Gasteiger partial charge < -0.3 is 25.2 Å². The van der Waals surface area contributed by atoms with Crippen LogP contribution in [0.5, 0.6) is 0 Å². The molecule has 0 bridgehead atoms. The Morgan fingerprint density at radius 1 is 1.14 bits per heavy atom. The van der Waals surface area contributed by atoms with Gasteiger partial charge in [-0.05, 0) is 5.53 Å². The molecule has 1 saturated heterocycles. The van der Waals surface area contributed by atoms with Crippen molar-refractivity contribution in [1.82, 2.24) is 0 Å². The maximum absolute atomic E-state index is 9.32. The van der Waals surface area contributed by atoms with E-state index in [1.165, 1.54) is 0 Å². The smallest absolute Gasteiger partial charge is 0.183 e. The van der Waals surface area contributed by atoms with Crippen molar-refractivity contribution in [2.45, 2.75) is 30.7 Å². The first-order chi connectivity index (χ1) is 6.57. The lowest BCUT2D eigenvalue weighted by Gasteiger charge is -2.37. The van der Waals surface area contributed by atoms with Crippen LogP contribution in [0.3, 0.4) is 0 Å². The minimum absolute atomic E-state index is 0.224. The lowest BCUT2D eigenvalue weighted by molar-refractivity contribution is -0.279. The molecule has 0 spiro atoms. The Bertz CT molecular complexity index is 244. The lowest BCUT2D eigenvalue weighted by atomic mass is 9.99. The molecule has 1 aliphatic heterocycles. The number of aliphatic hydroxyl groups excluding tert-OH is 4. The molecule has 8 heteroatoms. The van der Waals surface area contributed by atoms with Gasteiger partial charge in [-0.3, -0.25) is 0 Å². The van der Waals surface area contributed by atoms with Crippen molar-refractivity contribution in [3.05, 3.63) is 10.4 Å². The second-order valence-corrected chi connectivity index (χ2v) is 2.95. The predicted octanol–water partition coefficient (Wildman–Crippen LogP) is -1.90. The quantitative estimate of drug-likeness (QED) is 0.237. The topological polar surface area (TPSA) is 139 Å². The molecule has 0 radical (unpaired) electrons. The molecule has 1 fully saturated rings. The standard InChI is InChI=1S/C6H11N3O5/c7-9-8-1-2-3(10)4(11)5(12)6(13)14-2/h2-6,10-13H,1H2/t2-,3+,4+,5-,6?/m1/s1. The summed E-state index contributed by atoms with van der Waals surface area (Å²) in [7, 11) is 0. The van der Waals surface area contributed by atoms with E-state index in [9.17, 15) is 10.2 Å². The van der Waals surface area contributed by atoms with Crippen LogP contribution in [0.15, 0.2) is 5.11 Å². The van der Waals surface area contributed by atoms with E-state index in [1.54, 1.807) is 0 Å². The lowest BCUT2D eigenvalue weighted by Crippen LogP contribution is -2.58. The normalized spacial score (nSPS) is 43.0. The van der Waals surface area contributed by atoms with Gasteiger partial charge in [-0.1, -0.05) is 5.11 Å². The fraction of sp³-hybridized carbons (Fsp3) is 1.00. The highest BCUT2D eigenvalue weighted by Gasteiger charge is 2.42. The number of aliphatic hydroxyl groups is 4. The zero-order valence-corrected chi connectivity index (χ0v) is 7.13. The first kappa shape index (κ1) is 11.2.